The minimum atomic E-state index is -1.13. The number of amides is 1. The van der Waals surface area contributed by atoms with Gasteiger partial charge < -0.3 is 19.3 Å². The highest BCUT2D eigenvalue weighted by Crippen LogP contribution is 2.32. The lowest BCUT2D eigenvalue weighted by Gasteiger charge is -2.26. The van der Waals surface area contributed by atoms with E-state index in [0.717, 1.165) is 66.7 Å². The molecule has 0 radical (unpaired) electrons. The van der Waals surface area contributed by atoms with Crippen LogP contribution < -0.4 is 10.4 Å². The summed E-state index contributed by atoms with van der Waals surface area (Å²) in [4.78, 5) is 33.5. The van der Waals surface area contributed by atoms with E-state index in [-0.39, 0.29) is 29.2 Å². The van der Waals surface area contributed by atoms with Crippen LogP contribution in [0.25, 0.3) is 28.1 Å². The Morgan fingerprint density at radius 3 is 2.42 bits per heavy atom. The van der Waals surface area contributed by atoms with Gasteiger partial charge in [0.15, 0.2) is 0 Å². The van der Waals surface area contributed by atoms with Crippen LogP contribution in [0.2, 0.25) is 0 Å². The summed E-state index contributed by atoms with van der Waals surface area (Å²) in [5.74, 6) is 0.532. The number of ether oxygens (including phenoxy) is 1. The molecule has 2 fully saturated rings. The fourth-order valence-electron chi connectivity index (χ4n) is 7.63. The molecule has 1 amide bonds. The molecule has 6 aromatic rings. The standard InChI is InChI=1S/C40H40FN7O4S/c1-24-19-31(20-25(2)37(24)41)48-38(47-16-15-46(40(47)50)30-6-4-29(5-7-30)44-53(51)32-8-9-32)33-23-45(14-11-35(33)43-48)39(49)36-22-28-21-27(3-10-34(28)42-36)26-12-17-52-18-13-26/h3-7,10,15-16,19-22,26,32,42,44H,8-9,11-14,17-18,23H2,1-2H3. The molecule has 11 nitrogen and oxygen atoms in total. The molecule has 1 atom stereocenters. The van der Waals surface area contributed by atoms with Gasteiger partial charge >= 0.3 is 5.69 Å². The number of hydrogen-bond donors (Lipinski definition) is 2. The quantitative estimate of drug-likeness (QED) is 0.188. The number of aromatic nitrogens is 5. The van der Waals surface area contributed by atoms with Crippen LogP contribution in [0.5, 0.6) is 0 Å². The Kier molecular flexibility index (Phi) is 8.42. The molecule has 1 unspecified atom stereocenters. The third-order valence-corrected chi connectivity index (χ3v) is 12.2. The monoisotopic (exact) mass is 733 g/mol. The van der Waals surface area contributed by atoms with E-state index < -0.39 is 11.0 Å². The maximum atomic E-state index is 14.8. The van der Waals surface area contributed by atoms with Gasteiger partial charge in [0.2, 0.25) is 0 Å². The molecule has 3 aromatic heterocycles. The second-order valence-electron chi connectivity index (χ2n) is 14.4. The number of aryl methyl sites for hydroxylation is 2. The molecule has 0 spiro atoms. The molecule has 1 aliphatic carbocycles. The topological polar surface area (TPSA) is 119 Å². The Morgan fingerprint density at radius 1 is 0.943 bits per heavy atom. The molecule has 2 N–H and O–H groups in total. The number of nitrogens with zero attached hydrogens (tertiary/aromatic N) is 5. The summed E-state index contributed by atoms with van der Waals surface area (Å²) in [5, 5.41) is 6.17. The first-order chi connectivity index (χ1) is 25.7. The van der Waals surface area contributed by atoms with Crippen molar-refractivity contribution in [3.63, 3.8) is 0 Å². The van der Waals surface area contributed by atoms with Crippen molar-refractivity contribution in [1.29, 1.82) is 0 Å². The number of carbonyl (C=O) groups is 1. The summed E-state index contributed by atoms with van der Waals surface area (Å²) in [5.41, 5.74) is 6.81. The van der Waals surface area contributed by atoms with Crippen LogP contribution in [0.4, 0.5) is 10.1 Å². The summed E-state index contributed by atoms with van der Waals surface area (Å²) >= 11 is 0. The fraction of sp³-hybridized carbons (Fsp3) is 0.325. The third kappa shape index (κ3) is 6.21. The summed E-state index contributed by atoms with van der Waals surface area (Å²) < 4.78 is 40.6. The number of rotatable bonds is 8. The zero-order valence-electron chi connectivity index (χ0n) is 29.6. The molecule has 13 heteroatoms. The summed E-state index contributed by atoms with van der Waals surface area (Å²) in [6.07, 6.45) is 7.79. The Balaban J connectivity index is 1.06. The second kappa shape index (κ2) is 13.3. The summed E-state index contributed by atoms with van der Waals surface area (Å²) in [7, 11) is -1.13. The highest BCUT2D eigenvalue weighted by atomic mass is 32.2. The van der Waals surface area contributed by atoms with Gasteiger partial charge in [0, 0.05) is 60.7 Å². The molecule has 5 heterocycles. The van der Waals surface area contributed by atoms with Crippen molar-refractivity contribution in [2.24, 2.45) is 0 Å². The number of H-pyrrole nitrogens is 1. The Hall–Kier alpha value is -5.27. The second-order valence-corrected chi connectivity index (χ2v) is 15.9. The number of fused-ring (bicyclic) bond motifs is 2. The largest absolute Gasteiger partial charge is 0.381 e. The van der Waals surface area contributed by atoms with Gasteiger partial charge in [-0.05, 0) is 117 Å². The van der Waals surface area contributed by atoms with Gasteiger partial charge in [-0.15, -0.1) is 0 Å². The summed E-state index contributed by atoms with van der Waals surface area (Å²) in [6.45, 7) is 5.64. The van der Waals surface area contributed by atoms with E-state index >= 15 is 0 Å². The molecule has 3 aromatic carbocycles. The van der Waals surface area contributed by atoms with Gasteiger partial charge in [-0.3, -0.25) is 13.9 Å². The van der Waals surface area contributed by atoms with Crippen molar-refractivity contribution in [2.75, 3.05) is 24.5 Å². The number of nitrogens with one attached hydrogen (secondary N) is 2. The molecule has 53 heavy (non-hydrogen) atoms. The molecule has 272 valence electrons. The lowest BCUT2D eigenvalue weighted by Crippen LogP contribution is -2.36. The smallest absolute Gasteiger partial charge is 0.338 e. The average Bonchev–Trinajstić information content (AvgIpc) is 3.69. The molecular formula is C40H40FN7O4S. The highest BCUT2D eigenvalue weighted by Gasteiger charge is 2.32. The Bertz CT molecular complexity index is 2450. The van der Waals surface area contributed by atoms with Crippen molar-refractivity contribution in [1.82, 2.24) is 28.8 Å². The molecule has 2 aliphatic heterocycles. The number of carbonyl (C=O) groups excluding carboxylic acids is 1. The van der Waals surface area contributed by atoms with Gasteiger partial charge in [0.1, 0.15) is 28.3 Å². The van der Waals surface area contributed by atoms with Crippen LogP contribution in [-0.4, -0.2) is 63.9 Å². The first kappa shape index (κ1) is 33.6. The van der Waals surface area contributed by atoms with E-state index in [1.165, 1.54) is 10.1 Å². The summed E-state index contributed by atoms with van der Waals surface area (Å²) in [6, 6.07) is 19.0. The fourth-order valence-corrected chi connectivity index (χ4v) is 8.73. The van der Waals surface area contributed by atoms with Crippen LogP contribution in [0.1, 0.15) is 70.0 Å². The predicted octanol–water partition coefficient (Wildman–Crippen LogP) is 6.38. The van der Waals surface area contributed by atoms with Crippen LogP contribution in [0, 0.1) is 19.7 Å². The molecule has 1 saturated heterocycles. The van der Waals surface area contributed by atoms with E-state index in [4.69, 9.17) is 9.84 Å². The molecular weight excluding hydrogens is 694 g/mol. The zero-order chi connectivity index (χ0) is 36.4. The van der Waals surface area contributed by atoms with Gasteiger partial charge in [0.25, 0.3) is 5.91 Å². The number of hydrogen-bond acceptors (Lipinski definition) is 5. The highest BCUT2D eigenvalue weighted by molar-refractivity contribution is 7.87. The maximum absolute atomic E-state index is 14.8. The van der Waals surface area contributed by atoms with Crippen molar-refractivity contribution >= 4 is 33.5 Å². The van der Waals surface area contributed by atoms with Crippen molar-refractivity contribution in [2.45, 2.75) is 63.7 Å². The molecule has 0 bridgehead atoms. The molecule has 1 saturated carbocycles. The number of anilines is 1. The van der Waals surface area contributed by atoms with E-state index in [9.17, 15) is 18.2 Å². The van der Waals surface area contributed by atoms with E-state index in [2.05, 4.69) is 27.9 Å². The minimum absolute atomic E-state index is 0.132. The SMILES string of the molecule is Cc1cc(-n2nc3c(c2-n2ccn(-c4ccc(NS(=O)C5CC5)cc4)c2=O)CN(C(=O)c2cc4cc(C5CCOCC5)ccc4[nH]2)CC3)cc(C)c1F. The van der Waals surface area contributed by atoms with Crippen LogP contribution in [0.15, 0.2) is 77.9 Å². The number of halogens is 1. The normalized spacial score (nSPS) is 16.9. The van der Waals surface area contributed by atoms with E-state index in [0.29, 0.717) is 52.9 Å². The average molecular weight is 734 g/mol. The maximum Gasteiger partial charge on any atom is 0.338 e. The van der Waals surface area contributed by atoms with Crippen molar-refractivity contribution in [3.8, 4) is 17.2 Å². The van der Waals surface area contributed by atoms with E-state index in [1.54, 1.807) is 52.5 Å². The minimum Gasteiger partial charge on any atom is -0.381 e. The molecule has 3 aliphatic rings. The first-order valence-electron chi connectivity index (χ1n) is 18.2. The van der Waals surface area contributed by atoms with Crippen LogP contribution in [0.3, 0.4) is 0 Å². The number of aromatic amines is 1. The van der Waals surface area contributed by atoms with Crippen LogP contribution >= 0.6 is 0 Å². The van der Waals surface area contributed by atoms with Gasteiger partial charge in [-0.25, -0.2) is 18.1 Å². The first-order valence-corrected chi connectivity index (χ1v) is 19.4. The lowest BCUT2D eigenvalue weighted by atomic mass is 9.91. The number of benzene rings is 3. The van der Waals surface area contributed by atoms with Gasteiger partial charge in [-0.2, -0.15) is 5.10 Å². The molecule has 9 rings (SSSR count). The van der Waals surface area contributed by atoms with E-state index in [1.807, 2.05) is 30.3 Å². The van der Waals surface area contributed by atoms with Crippen LogP contribution in [-0.2, 0) is 28.7 Å². The van der Waals surface area contributed by atoms with Gasteiger partial charge in [-0.1, -0.05) is 6.07 Å². The zero-order valence-corrected chi connectivity index (χ0v) is 30.4. The third-order valence-electron chi connectivity index (χ3n) is 10.7. The van der Waals surface area contributed by atoms with Gasteiger partial charge in [0.05, 0.1) is 28.9 Å². The predicted molar refractivity (Wildman–Crippen MR) is 202 cm³/mol. The Labute approximate surface area is 308 Å². The number of imidazole rings is 1. The lowest BCUT2D eigenvalue weighted by molar-refractivity contribution is 0.0729. The Morgan fingerprint density at radius 2 is 1.68 bits per heavy atom. The van der Waals surface area contributed by atoms with Crippen molar-refractivity contribution in [3.05, 3.63) is 123 Å². The van der Waals surface area contributed by atoms with Crippen molar-refractivity contribution < 1.29 is 18.1 Å².